The fourth-order valence-electron chi connectivity index (χ4n) is 3.70. The smallest absolute Gasteiger partial charge is 0.181 e. The van der Waals surface area contributed by atoms with E-state index in [9.17, 15) is 4.79 Å². The topological polar surface area (TPSA) is 32.3 Å². The summed E-state index contributed by atoms with van der Waals surface area (Å²) in [5.74, 6) is 0.266. The molecule has 3 aliphatic rings. The highest BCUT2D eigenvalue weighted by atomic mass is 16.1. The number of nitrogens with zero attached hydrogens (tertiary/aromatic N) is 1. The van der Waals surface area contributed by atoms with Crippen molar-refractivity contribution in [2.24, 2.45) is 0 Å². The van der Waals surface area contributed by atoms with Crippen LogP contribution in [0.3, 0.4) is 0 Å². The van der Waals surface area contributed by atoms with Crippen LogP contribution in [0.2, 0.25) is 0 Å². The fraction of sp³-hybridized carbons (Fsp3) is 0.389. The third kappa shape index (κ3) is 2.27. The predicted molar refractivity (Wildman–Crippen MR) is 84.7 cm³/mol. The number of ketones is 1. The first-order valence-electron chi connectivity index (χ1n) is 7.82. The van der Waals surface area contributed by atoms with Gasteiger partial charge in [-0.05, 0) is 23.6 Å². The van der Waals surface area contributed by atoms with Crippen LogP contribution < -0.4 is 5.32 Å². The van der Waals surface area contributed by atoms with E-state index in [2.05, 4.69) is 28.4 Å². The Balaban J connectivity index is 1.73. The van der Waals surface area contributed by atoms with E-state index in [-0.39, 0.29) is 11.8 Å². The summed E-state index contributed by atoms with van der Waals surface area (Å²) >= 11 is 0. The van der Waals surface area contributed by atoms with Crippen molar-refractivity contribution in [3.8, 4) is 0 Å². The van der Waals surface area contributed by atoms with E-state index < -0.39 is 0 Å². The van der Waals surface area contributed by atoms with Crippen molar-refractivity contribution in [2.45, 2.75) is 24.9 Å². The number of carbonyl (C=O) groups is 1. The van der Waals surface area contributed by atoms with E-state index >= 15 is 0 Å². The first-order valence-corrected chi connectivity index (χ1v) is 7.82. The van der Waals surface area contributed by atoms with Crippen LogP contribution in [0.1, 0.15) is 23.2 Å². The van der Waals surface area contributed by atoms with Crippen LogP contribution in [0, 0.1) is 0 Å². The molecule has 3 heteroatoms. The van der Waals surface area contributed by atoms with Gasteiger partial charge in [-0.15, -0.1) is 0 Å². The highest BCUT2D eigenvalue weighted by Gasteiger charge is 2.34. The maximum Gasteiger partial charge on any atom is 0.181 e. The molecule has 1 N–H and O–H groups in total. The number of hydrogen-bond donors (Lipinski definition) is 1. The lowest BCUT2D eigenvalue weighted by Gasteiger charge is -2.30. The molecule has 0 spiro atoms. The van der Waals surface area contributed by atoms with Crippen LogP contribution in [0.15, 0.2) is 42.5 Å². The second-order valence-electron chi connectivity index (χ2n) is 6.13. The third-order valence-electron chi connectivity index (χ3n) is 4.93. The minimum atomic E-state index is -0.0108. The summed E-state index contributed by atoms with van der Waals surface area (Å²) in [6.07, 6.45) is 2.33. The lowest BCUT2D eigenvalue weighted by atomic mass is 9.96. The minimum Gasteiger partial charge on any atom is -0.312 e. The second-order valence-corrected chi connectivity index (χ2v) is 6.13. The summed E-state index contributed by atoms with van der Waals surface area (Å²) in [6, 6.07) is 14.8. The minimum absolute atomic E-state index is 0.0108. The summed E-state index contributed by atoms with van der Waals surface area (Å²) in [6.45, 7) is 2.87. The largest absolute Gasteiger partial charge is 0.312 e. The van der Waals surface area contributed by atoms with Gasteiger partial charge in [-0.3, -0.25) is 9.69 Å². The number of Topliss-reactive ketones (excluding diaryl/α,β-unsaturated/α-hetero) is 1. The highest BCUT2D eigenvalue weighted by Crippen LogP contribution is 2.24. The molecule has 0 saturated carbocycles. The Morgan fingerprint density at radius 2 is 1.81 bits per heavy atom. The average molecular weight is 280 g/mol. The zero-order valence-electron chi connectivity index (χ0n) is 12.1. The quantitative estimate of drug-likeness (QED) is 0.858. The maximum absolute atomic E-state index is 13.1. The molecule has 3 nitrogen and oxygen atoms in total. The Kier molecular flexibility index (Phi) is 3.24. The number of nitrogens with one attached hydrogen (secondary N) is 1. The van der Waals surface area contributed by atoms with Crippen molar-refractivity contribution >= 4 is 16.6 Å². The van der Waals surface area contributed by atoms with Crippen molar-refractivity contribution in [2.75, 3.05) is 19.6 Å². The molecule has 5 rings (SSSR count). The van der Waals surface area contributed by atoms with Gasteiger partial charge in [0.15, 0.2) is 5.78 Å². The Hall–Kier alpha value is -1.71. The van der Waals surface area contributed by atoms with E-state index in [0.29, 0.717) is 6.04 Å². The van der Waals surface area contributed by atoms with Gasteiger partial charge >= 0.3 is 0 Å². The molecule has 2 bridgehead atoms. The van der Waals surface area contributed by atoms with Gasteiger partial charge in [-0.25, -0.2) is 0 Å². The van der Waals surface area contributed by atoms with Crippen molar-refractivity contribution in [3.63, 3.8) is 0 Å². The molecular formula is C18H20N2O. The van der Waals surface area contributed by atoms with Gasteiger partial charge in [0.1, 0.15) is 0 Å². The standard InChI is InChI=1S/C18H20N2O/c21-18(17-12-19-14-8-10-20(17)11-9-14)16-7-3-5-13-4-1-2-6-15(13)16/h1-7,14,17,19H,8-12H2. The van der Waals surface area contributed by atoms with Gasteiger partial charge in [0.05, 0.1) is 6.04 Å². The highest BCUT2D eigenvalue weighted by molar-refractivity contribution is 6.10. The summed E-state index contributed by atoms with van der Waals surface area (Å²) in [5, 5.41) is 5.78. The molecule has 1 unspecified atom stereocenters. The molecule has 21 heavy (non-hydrogen) atoms. The van der Waals surface area contributed by atoms with Crippen molar-refractivity contribution in [3.05, 3.63) is 48.0 Å². The first-order chi connectivity index (χ1) is 10.3. The molecule has 108 valence electrons. The van der Waals surface area contributed by atoms with Crippen molar-refractivity contribution in [1.29, 1.82) is 0 Å². The Bertz CT molecular complexity index is 668. The number of hydrogen-bond acceptors (Lipinski definition) is 3. The van der Waals surface area contributed by atoms with Crippen molar-refractivity contribution < 1.29 is 4.79 Å². The van der Waals surface area contributed by atoms with E-state index in [1.807, 2.05) is 24.3 Å². The van der Waals surface area contributed by atoms with Crippen LogP contribution in [0.25, 0.3) is 10.8 Å². The number of piperidine rings is 1. The van der Waals surface area contributed by atoms with Crippen LogP contribution in [-0.2, 0) is 0 Å². The lowest BCUT2D eigenvalue weighted by molar-refractivity contribution is 0.0827. The van der Waals surface area contributed by atoms with Gasteiger partial charge in [-0.2, -0.15) is 0 Å². The van der Waals surface area contributed by atoms with Gasteiger partial charge in [0.2, 0.25) is 0 Å². The zero-order chi connectivity index (χ0) is 14.2. The van der Waals surface area contributed by atoms with E-state index in [0.717, 1.165) is 36.0 Å². The zero-order valence-corrected chi connectivity index (χ0v) is 12.1. The normalized spacial score (nSPS) is 28.5. The number of carbonyl (C=O) groups excluding carboxylic acids is 1. The SMILES string of the molecule is O=C(c1cccc2ccccc12)C1CNC2CCN1CC2. The van der Waals surface area contributed by atoms with Crippen LogP contribution in [0.4, 0.5) is 0 Å². The molecule has 0 amide bonds. The third-order valence-corrected chi connectivity index (χ3v) is 4.93. The molecule has 3 saturated heterocycles. The fourth-order valence-corrected chi connectivity index (χ4v) is 3.70. The van der Waals surface area contributed by atoms with Gasteiger partial charge in [0, 0.05) is 31.2 Å². The van der Waals surface area contributed by atoms with E-state index in [4.69, 9.17) is 0 Å². The Morgan fingerprint density at radius 3 is 2.67 bits per heavy atom. The lowest BCUT2D eigenvalue weighted by Crippen LogP contribution is -2.44. The molecule has 1 atom stereocenters. The van der Waals surface area contributed by atoms with Crippen LogP contribution in [-0.4, -0.2) is 42.4 Å². The van der Waals surface area contributed by atoms with Crippen LogP contribution >= 0.6 is 0 Å². The Labute approximate surface area is 124 Å². The molecule has 0 aliphatic carbocycles. The first kappa shape index (κ1) is 13.0. The van der Waals surface area contributed by atoms with Gasteiger partial charge in [-0.1, -0.05) is 42.5 Å². The summed E-state index contributed by atoms with van der Waals surface area (Å²) in [4.78, 5) is 15.4. The average Bonchev–Trinajstić information content (AvgIpc) is 2.87. The number of rotatable bonds is 2. The molecular weight excluding hydrogens is 260 g/mol. The molecule has 3 aliphatic heterocycles. The molecule has 3 fully saturated rings. The monoisotopic (exact) mass is 280 g/mol. The summed E-state index contributed by atoms with van der Waals surface area (Å²) in [7, 11) is 0. The second kappa shape index (κ2) is 5.24. The molecule has 0 aromatic heterocycles. The van der Waals surface area contributed by atoms with E-state index in [1.54, 1.807) is 0 Å². The summed E-state index contributed by atoms with van der Waals surface area (Å²) in [5.41, 5.74) is 0.866. The number of fused-ring (bicyclic) bond motifs is 5. The van der Waals surface area contributed by atoms with Gasteiger partial charge in [0.25, 0.3) is 0 Å². The van der Waals surface area contributed by atoms with Crippen LogP contribution in [0.5, 0.6) is 0 Å². The van der Waals surface area contributed by atoms with Crippen molar-refractivity contribution in [1.82, 2.24) is 10.2 Å². The number of benzene rings is 2. The maximum atomic E-state index is 13.1. The molecule has 0 radical (unpaired) electrons. The van der Waals surface area contributed by atoms with E-state index in [1.165, 1.54) is 12.8 Å². The Morgan fingerprint density at radius 1 is 1.05 bits per heavy atom. The van der Waals surface area contributed by atoms with Gasteiger partial charge < -0.3 is 5.32 Å². The molecule has 2 aromatic carbocycles. The summed E-state index contributed by atoms with van der Waals surface area (Å²) < 4.78 is 0. The molecule has 3 heterocycles. The molecule has 2 aromatic rings. The predicted octanol–water partition coefficient (Wildman–Crippen LogP) is 2.46.